The van der Waals surface area contributed by atoms with Crippen molar-refractivity contribution in [2.24, 2.45) is 0 Å². The molecule has 1 rings (SSSR count). The van der Waals surface area contributed by atoms with Gasteiger partial charge in [0.15, 0.2) is 0 Å². The summed E-state index contributed by atoms with van der Waals surface area (Å²) in [5.41, 5.74) is -0.609. The number of aliphatic hydroxyl groups is 1. The number of carbonyl (C=O) groups excluding carboxylic acids is 1. The van der Waals surface area contributed by atoms with Crippen LogP contribution in [0.2, 0.25) is 0 Å². The van der Waals surface area contributed by atoms with E-state index in [0.29, 0.717) is 19.6 Å². The molecule has 0 spiro atoms. The molecular formula is C9H18N2O2. The first-order valence-corrected chi connectivity index (χ1v) is 4.82. The Morgan fingerprint density at radius 3 is 2.62 bits per heavy atom. The number of hydrogen-bond acceptors (Lipinski definition) is 3. The summed E-state index contributed by atoms with van der Waals surface area (Å²) in [5, 5.41) is 12.6. The van der Waals surface area contributed by atoms with Gasteiger partial charge < -0.3 is 15.3 Å². The molecule has 1 heterocycles. The first-order valence-electron chi connectivity index (χ1n) is 4.82. The number of carbonyl (C=O) groups is 1. The smallest absolute Gasteiger partial charge is 0.236 e. The Labute approximate surface area is 78.9 Å². The highest BCUT2D eigenvalue weighted by atomic mass is 16.3. The molecule has 1 saturated heterocycles. The molecule has 0 aromatic rings. The molecular weight excluding hydrogens is 168 g/mol. The fraction of sp³-hybridized carbons (Fsp3) is 0.889. The second-order valence-electron chi connectivity index (χ2n) is 3.61. The van der Waals surface area contributed by atoms with E-state index < -0.39 is 5.60 Å². The largest absolute Gasteiger partial charge is 0.386 e. The van der Waals surface area contributed by atoms with E-state index in [4.69, 9.17) is 0 Å². The molecule has 0 bridgehead atoms. The Hall–Kier alpha value is -0.610. The highest BCUT2D eigenvalue weighted by Crippen LogP contribution is 2.23. The van der Waals surface area contributed by atoms with E-state index in [9.17, 15) is 9.90 Å². The molecule has 0 aromatic carbocycles. The molecule has 4 nitrogen and oxygen atoms in total. The summed E-state index contributed by atoms with van der Waals surface area (Å²) >= 11 is 0. The summed E-state index contributed by atoms with van der Waals surface area (Å²) in [6, 6.07) is 0. The van der Waals surface area contributed by atoms with E-state index >= 15 is 0 Å². The lowest BCUT2D eigenvalue weighted by Crippen LogP contribution is -2.64. The zero-order valence-electron chi connectivity index (χ0n) is 8.34. The van der Waals surface area contributed by atoms with E-state index in [0.717, 1.165) is 13.0 Å². The molecule has 0 saturated carbocycles. The summed E-state index contributed by atoms with van der Waals surface area (Å²) in [6.45, 7) is 6.08. The summed E-state index contributed by atoms with van der Waals surface area (Å²) in [6.07, 6.45) is 0.720. The first kappa shape index (κ1) is 10.5. The van der Waals surface area contributed by atoms with E-state index in [1.54, 1.807) is 4.90 Å². The van der Waals surface area contributed by atoms with Crippen molar-refractivity contribution in [3.8, 4) is 0 Å². The van der Waals surface area contributed by atoms with Gasteiger partial charge in [0.2, 0.25) is 5.91 Å². The van der Waals surface area contributed by atoms with Crippen LogP contribution in [0.4, 0.5) is 0 Å². The van der Waals surface area contributed by atoms with Crippen molar-refractivity contribution in [1.29, 1.82) is 0 Å². The van der Waals surface area contributed by atoms with Crippen LogP contribution in [0.15, 0.2) is 0 Å². The normalized spacial score (nSPS) is 19.8. The van der Waals surface area contributed by atoms with Gasteiger partial charge in [-0.15, -0.1) is 0 Å². The molecule has 1 amide bonds. The molecule has 76 valence electrons. The maximum absolute atomic E-state index is 11.3. The maximum Gasteiger partial charge on any atom is 0.236 e. The molecule has 1 aliphatic heterocycles. The van der Waals surface area contributed by atoms with Gasteiger partial charge in [-0.1, -0.05) is 13.8 Å². The number of likely N-dealkylation sites (tertiary alicyclic amines) is 1. The topological polar surface area (TPSA) is 52.6 Å². The van der Waals surface area contributed by atoms with Crippen molar-refractivity contribution in [3.05, 3.63) is 0 Å². The number of nitrogens with one attached hydrogen (secondary N) is 1. The van der Waals surface area contributed by atoms with Gasteiger partial charge in [0.25, 0.3) is 0 Å². The molecule has 13 heavy (non-hydrogen) atoms. The number of likely N-dealkylation sites (N-methyl/N-ethyl adjacent to an activating group) is 1. The molecule has 1 fully saturated rings. The van der Waals surface area contributed by atoms with Crippen molar-refractivity contribution in [3.63, 3.8) is 0 Å². The van der Waals surface area contributed by atoms with Gasteiger partial charge in [0.05, 0.1) is 25.2 Å². The number of rotatable bonds is 4. The summed E-state index contributed by atoms with van der Waals surface area (Å²) < 4.78 is 0. The van der Waals surface area contributed by atoms with Crippen molar-refractivity contribution < 1.29 is 9.90 Å². The molecule has 2 N–H and O–H groups in total. The second-order valence-corrected chi connectivity index (χ2v) is 3.61. The highest BCUT2D eigenvalue weighted by molar-refractivity contribution is 5.79. The second kappa shape index (κ2) is 4.07. The number of amides is 1. The Morgan fingerprint density at radius 1 is 1.54 bits per heavy atom. The average Bonchev–Trinajstić information content (AvgIpc) is 2.09. The van der Waals surface area contributed by atoms with Crippen LogP contribution in [0.1, 0.15) is 20.3 Å². The SMILES string of the molecule is CCNCC(=O)N1CC(O)(CC)C1. The Kier molecular flexibility index (Phi) is 3.27. The van der Waals surface area contributed by atoms with E-state index in [-0.39, 0.29) is 5.91 Å². The van der Waals surface area contributed by atoms with Crippen LogP contribution in [-0.2, 0) is 4.79 Å². The monoisotopic (exact) mass is 186 g/mol. The quantitative estimate of drug-likeness (QED) is 0.627. The van der Waals surface area contributed by atoms with Crippen LogP contribution in [0.3, 0.4) is 0 Å². The molecule has 0 aromatic heterocycles. The molecule has 1 aliphatic rings. The Balaban J connectivity index is 2.23. The number of β-amino-alcohol motifs (C(OH)–C–C–N with tert-alkyl or cyclic N) is 1. The van der Waals surface area contributed by atoms with Crippen molar-refractivity contribution in [2.45, 2.75) is 25.9 Å². The fourth-order valence-corrected chi connectivity index (χ4v) is 1.41. The lowest BCUT2D eigenvalue weighted by atomic mass is 9.91. The lowest BCUT2D eigenvalue weighted by Gasteiger charge is -2.46. The van der Waals surface area contributed by atoms with Gasteiger partial charge in [-0.3, -0.25) is 4.79 Å². The summed E-state index contributed by atoms with van der Waals surface area (Å²) in [5.74, 6) is 0.0833. The third-order valence-corrected chi connectivity index (χ3v) is 2.51. The van der Waals surface area contributed by atoms with Crippen LogP contribution in [-0.4, -0.2) is 47.7 Å². The van der Waals surface area contributed by atoms with E-state index in [2.05, 4.69) is 5.32 Å². The number of nitrogens with zero attached hydrogens (tertiary/aromatic N) is 1. The average molecular weight is 186 g/mol. The van der Waals surface area contributed by atoms with Gasteiger partial charge in [-0.2, -0.15) is 0 Å². The van der Waals surface area contributed by atoms with Crippen molar-refractivity contribution in [2.75, 3.05) is 26.2 Å². The molecule has 0 aliphatic carbocycles. The third-order valence-electron chi connectivity index (χ3n) is 2.51. The zero-order valence-corrected chi connectivity index (χ0v) is 8.34. The predicted octanol–water partition coefficient (Wildman–Crippen LogP) is -0.421. The van der Waals surface area contributed by atoms with Crippen LogP contribution >= 0.6 is 0 Å². The summed E-state index contributed by atoms with van der Waals surface area (Å²) in [7, 11) is 0. The molecule has 4 heteroatoms. The van der Waals surface area contributed by atoms with Gasteiger partial charge >= 0.3 is 0 Å². The van der Waals surface area contributed by atoms with Crippen LogP contribution in [0.5, 0.6) is 0 Å². The van der Waals surface area contributed by atoms with Crippen molar-refractivity contribution >= 4 is 5.91 Å². The van der Waals surface area contributed by atoms with Gasteiger partial charge in [-0.05, 0) is 13.0 Å². The van der Waals surface area contributed by atoms with E-state index in [1.807, 2.05) is 13.8 Å². The summed E-state index contributed by atoms with van der Waals surface area (Å²) in [4.78, 5) is 13.0. The minimum atomic E-state index is -0.609. The minimum Gasteiger partial charge on any atom is -0.386 e. The lowest BCUT2D eigenvalue weighted by molar-refractivity contribution is -0.154. The van der Waals surface area contributed by atoms with Gasteiger partial charge in [0, 0.05) is 0 Å². The molecule has 0 radical (unpaired) electrons. The first-order chi connectivity index (χ1) is 6.11. The van der Waals surface area contributed by atoms with E-state index in [1.165, 1.54) is 0 Å². The van der Waals surface area contributed by atoms with Crippen LogP contribution < -0.4 is 5.32 Å². The molecule has 0 unspecified atom stereocenters. The van der Waals surface area contributed by atoms with Gasteiger partial charge in [0.1, 0.15) is 0 Å². The van der Waals surface area contributed by atoms with Crippen LogP contribution in [0.25, 0.3) is 0 Å². The Morgan fingerprint density at radius 2 is 2.15 bits per heavy atom. The van der Waals surface area contributed by atoms with Gasteiger partial charge in [-0.25, -0.2) is 0 Å². The zero-order chi connectivity index (χ0) is 9.90. The minimum absolute atomic E-state index is 0.0833. The van der Waals surface area contributed by atoms with Crippen molar-refractivity contribution in [1.82, 2.24) is 10.2 Å². The fourth-order valence-electron chi connectivity index (χ4n) is 1.41. The maximum atomic E-state index is 11.3. The standard InChI is InChI=1S/C9H18N2O2/c1-3-9(13)6-11(7-9)8(12)5-10-4-2/h10,13H,3-7H2,1-2H3. The number of hydrogen-bond donors (Lipinski definition) is 2. The van der Waals surface area contributed by atoms with Crippen LogP contribution in [0, 0.1) is 0 Å². The molecule has 0 atom stereocenters. The predicted molar refractivity (Wildman–Crippen MR) is 50.4 cm³/mol. The highest BCUT2D eigenvalue weighted by Gasteiger charge is 2.41. The third kappa shape index (κ3) is 2.42. The Bertz CT molecular complexity index is 188.